The monoisotopic (exact) mass is 302 g/mol. The minimum absolute atomic E-state index is 0.435. The molecule has 1 fully saturated rings. The molecule has 3 rings (SSSR count). The molecule has 110 valence electrons. The molecule has 0 radical (unpaired) electrons. The first-order valence-electron chi connectivity index (χ1n) is 7.17. The van der Waals surface area contributed by atoms with Crippen LogP contribution < -0.4 is 16.2 Å². The summed E-state index contributed by atoms with van der Waals surface area (Å²) >= 11 is 1.68. The van der Waals surface area contributed by atoms with E-state index in [-0.39, 0.29) is 0 Å². The number of nitrogens with zero attached hydrogens (tertiary/aromatic N) is 4. The summed E-state index contributed by atoms with van der Waals surface area (Å²) < 4.78 is 0. The molecule has 0 amide bonds. The fourth-order valence-electron chi connectivity index (χ4n) is 2.43. The van der Waals surface area contributed by atoms with Gasteiger partial charge < -0.3 is 4.90 Å². The lowest BCUT2D eigenvalue weighted by atomic mass is 10.2. The van der Waals surface area contributed by atoms with Crippen LogP contribution in [0.2, 0.25) is 0 Å². The van der Waals surface area contributed by atoms with Gasteiger partial charge in [-0.15, -0.1) is 11.3 Å². The van der Waals surface area contributed by atoms with Crippen molar-refractivity contribution in [2.24, 2.45) is 5.84 Å². The van der Waals surface area contributed by atoms with Crippen LogP contribution in [-0.4, -0.2) is 22.6 Å². The lowest BCUT2D eigenvalue weighted by molar-refractivity contribution is 0.781. The molecule has 2 aromatic rings. The molecule has 0 unspecified atom stereocenters. The molecule has 1 saturated carbocycles. The Morgan fingerprint density at radius 1 is 1.52 bits per heavy atom. The van der Waals surface area contributed by atoms with Gasteiger partial charge in [-0.2, -0.15) is 10.2 Å². The molecule has 0 bridgehead atoms. The Bertz CT molecular complexity index is 685. The van der Waals surface area contributed by atoms with E-state index in [0.717, 1.165) is 35.3 Å². The smallest absolute Gasteiger partial charge is 0.240 e. The average Bonchev–Trinajstić information content (AvgIpc) is 3.25. The highest BCUT2D eigenvalue weighted by Crippen LogP contribution is 2.37. The van der Waals surface area contributed by atoms with Gasteiger partial charge in [0.25, 0.3) is 0 Å². The van der Waals surface area contributed by atoms with Crippen molar-refractivity contribution >= 4 is 33.3 Å². The highest BCUT2D eigenvalue weighted by molar-refractivity contribution is 7.18. The second kappa shape index (κ2) is 5.84. The molecule has 2 heterocycles. The van der Waals surface area contributed by atoms with Crippen LogP contribution in [0.15, 0.2) is 6.07 Å². The molecular weight excluding hydrogens is 284 g/mol. The van der Waals surface area contributed by atoms with Gasteiger partial charge >= 0.3 is 0 Å². The number of nitrogens with two attached hydrogens (primary N) is 1. The fourth-order valence-corrected chi connectivity index (χ4v) is 3.39. The third-order valence-electron chi connectivity index (χ3n) is 3.63. The number of rotatable bonds is 6. The van der Waals surface area contributed by atoms with E-state index in [9.17, 15) is 0 Å². The third kappa shape index (κ3) is 2.77. The summed E-state index contributed by atoms with van der Waals surface area (Å²) in [6.07, 6.45) is 3.80. The maximum Gasteiger partial charge on any atom is 0.240 e. The predicted octanol–water partition coefficient (Wildman–Crippen LogP) is 2.42. The van der Waals surface area contributed by atoms with E-state index in [1.54, 1.807) is 11.3 Å². The van der Waals surface area contributed by atoms with Crippen molar-refractivity contribution in [3.63, 3.8) is 0 Å². The van der Waals surface area contributed by atoms with Crippen LogP contribution in [0, 0.1) is 11.3 Å². The fraction of sp³-hybridized carbons (Fsp3) is 0.500. The van der Waals surface area contributed by atoms with E-state index in [2.05, 4.69) is 39.4 Å². The van der Waals surface area contributed by atoms with Crippen LogP contribution in [0.3, 0.4) is 0 Å². The topological polar surface area (TPSA) is 90.9 Å². The molecule has 2 aromatic heterocycles. The number of aromatic nitrogens is 2. The van der Waals surface area contributed by atoms with Crippen molar-refractivity contribution in [3.8, 4) is 6.07 Å². The SMILES string of the molecule is CCc1cc2c(N(CCC#N)C3CC3)nc(NN)nc2s1. The summed E-state index contributed by atoms with van der Waals surface area (Å²) in [6, 6.07) is 4.88. The average molecular weight is 302 g/mol. The first-order valence-corrected chi connectivity index (χ1v) is 7.99. The standard InChI is InChI=1S/C14H18N6S/c1-2-10-8-11-12(17-14(19-16)18-13(11)21-10)20(7-3-6-15)9-4-5-9/h8-9H,2-5,7,16H2,1H3,(H,17,18,19). The minimum atomic E-state index is 0.435. The molecule has 0 spiro atoms. The minimum Gasteiger partial charge on any atom is -0.352 e. The zero-order valence-corrected chi connectivity index (χ0v) is 12.8. The van der Waals surface area contributed by atoms with Gasteiger partial charge in [-0.05, 0) is 25.3 Å². The number of hydrogen-bond donors (Lipinski definition) is 2. The first-order chi connectivity index (χ1) is 10.3. The van der Waals surface area contributed by atoms with E-state index in [0.29, 0.717) is 25.0 Å². The van der Waals surface area contributed by atoms with E-state index >= 15 is 0 Å². The number of fused-ring (bicyclic) bond motifs is 1. The van der Waals surface area contributed by atoms with Crippen molar-refractivity contribution in [2.45, 2.75) is 38.6 Å². The molecule has 0 atom stereocenters. The number of hydrogen-bond acceptors (Lipinski definition) is 7. The lowest BCUT2D eigenvalue weighted by Crippen LogP contribution is -2.28. The summed E-state index contributed by atoms with van der Waals surface area (Å²) in [5.74, 6) is 6.84. The number of hydrazine groups is 1. The summed E-state index contributed by atoms with van der Waals surface area (Å²) in [7, 11) is 0. The highest BCUT2D eigenvalue weighted by Gasteiger charge is 2.31. The first kappa shape index (κ1) is 14.0. The second-order valence-electron chi connectivity index (χ2n) is 5.13. The van der Waals surface area contributed by atoms with Crippen LogP contribution in [0.1, 0.15) is 31.1 Å². The van der Waals surface area contributed by atoms with Crippen LogP contribution in [0.25, 0.3) is 10.2 Å². The molecule has 3 N–H and O–H groups in total. The quantitative estimate of drug-likeness (QED) is 0.629. The van der Waals surface area contributed by atoms with Gasteiger partial charge in [0.1, 0.15) is 10.6 Å². The molecule has 21 heavy (non-hydrogen) atoms. The number of aryl methyl sites for hydroxylation is 1. The summed E-state index contributed by atoms with van der Waals surface area (Å²) in [5.41, 5.74) is 2.55. The van der Waals surface area contributed by atoms with E-state index < -0.39 is 0 Å². The number of nitrogen functional groups attached to an aromatic ring is 1. The molecule has 1 aliphatic carbocycles. The van der Waals surface area contributed by atoms with Crippen LogP contribution in [-0.2, 0) is 6.42 Å². The molecular formula is C14H18N6S. The Morgan fingerprint density at radius 3 is 2.95 bits per heavy atom. The Morgan fingerprint density at radius 2 is 2.33 bits per heavy atom. The van der Waals surface area contributed by atoms with Crippen molar-refractivity contribution in [1.82, 2.24) is 9.97 Å². The molecule has 0 aliphatic heterocycles. The molecule has 7 heteroatoms. The van der Waals surface area contributed by atoms with Gasteiger partial charge in [-0.1, -0.05) is 6.92 Å². The number of anilines is 2. The summed E-state index contributed by atoms with van der Waals surface area (Å²) in [4.78, 5) is 13.5. The Hall–Kier alpha value is -1.91. The van der Waals surface area contributed by atoms with Crippen molar-refractivity contribution < 1.29 is 0 Å². The van der Waals surface area contributed by atoms with Crippen molar-refractivity contribution in [2.75, 3.05) is 16.9 Å². The van der Waals surface area contributed by atoms with E-state index in [1.165, 1.54) is 4.88 Å². The number of nitriles is 1. The summed E-state index contributed by atoms with van der Waals surface area (Å²) in [5, 5.41) is 9.95. The lowest BCUT2D eigenvalue weighted by Gasteiger charge is -2.23. The summed E-state index contributed by atoms with van der Waals surface area (Å²) in [6.45, 7) is 2.84. The largest absolute Gasteiger partial charge is 0.352 e. The zero-order valence-electron chi connectivity index (χ0n) is 12.0. The van der Waals surface area contributed by atoms with E-state index in [1.807, 2.05) is 0 Å². The second-order valence-corrected chi connectivity index (χ2v) is 6.25. The van der Waals surface area contributed by atoms with Gasteiger partial charge in [0.2, 0.25) is 5.95 Å². The predicted molar refractivity (Wildman–Crippen MR) is 85.2 cm³/mol. The molecule has 0 saturated heterocycles. The molecule has 0 aromatic carbocycles. The molecule has 6 nitrogen and oxygen atoms in total. The highest BCUT2D eigenvalue weighted by atomic mass is 32.1. The van der Waals surface area contributed by atoms with Crippen LogP contribution in [0.5, 0.6) is 0 Å². The normalized spacial score (nSPS) is 14.1. The Balaban J connectivity index is 2.09. The van der Waals surface area contributed by atoms with Crippen LogP contribution >= 0.6 is 11.3 Å². The number of thiophene rings is 1. The molecule has 1 aliphatic rings. The zero-order chi connectivity index (χ0) is 14.8. The maximum atomic E-state index is 8.88. The Kier molecular flexibility index (Phi) is 3.90. The maximum absolute atomic E-state index is 8.88. The van der Waals surface area contributed by atoms with Crippen LogP contribution in [0.4, 0.5) is 11.8 Å². The number of nitrogens with one attached hydrogen (secondary N) is 1. The van der Waals surface area contributed by atoms with Gasteiger partial charge in [0.15, 0.2) is 0 Å². The van der Waals surface area contributed by atoms with E-state index in [4.69, 9.17) is 11.1 Å². The van der Waals surface area contributed by atoms with Crippen molar-refractivity contribution in [1.29, 1.82) is 5.26 Å². The van der Waals surface area contributed by atoms with Gasteiger partial charge in [0.05, 0.1) is 17.9 Å². The van der Waals surface area contributed by atoms with Gasteiger partial charge in [0, 0.05) is 17.5 Å². The van der Waals surface area contributed by atoms with Crippen molar-refractivity contribution in [3.05, 3.63) is 10.9 Å². The van der Waals surface area contributed by atoms with Gasteiger partial charge in [-0.3, -0.25) is 5.43 Å². The van der Waals surface area contributed by atoms with Gasteiger partial charge in [-0.25, -0.2) is 10.8 Å². The Labute approximate surface area is 127 Å². The third-order valence-corrected chi connectivity index (χ3v) is 4.80.